The SMILES string of the molecule is C=C1NC(c2ccc(Br)cc2)=[C-]CC1C.[Y]. The number of allylic oxidation sites excluding steroid dienone is 2. The third kappa shape index (κ3) is 3.29. The molecule has 1 radical (unpaired) electrons. The van der Waals surface area contributed by atoms with Crippen LogP contribution in [0.15, 0.2) is 41.0 Å². The molecule has 1 atom stereocenters. The Morgan fingerprint density at radius 2 is 2.00 bits per heavy atom. The molecule has 1 aromatic rings. The van der Waals surface area contributed by atoms with E-state index < -0.39 is 0 Å². The minimum absolute atomic E-state index is 0. The zero-order chi connectivity index (χ0) is 10.8. The molecule has 0 spiro atoms. The number of hydrogen-bond donors (Lipinski definition) is 1. The zero-order valence-electron chi connectivity index (χ0n) is 9.26. The molecule has 0 fully saturated rings. The van der Waals surface area contributed by atoms with Crippen LogP contribution in [0.25, 0.3) is 5.70 Å². The third-order valence-electron chi connectivity index (χ3n) is 2.60. The van der Waals surface area contributed by atoms with Gasteiger partial charge in [0.25, 0.3) is 0 Å². The summed E-state index contributed by atoms with van der Waals surface area (Å²) in [6.45, 7) is 6.16. The topological polar surface area (TPSA) is 12.0 Å². The average molecular weight is 352 g/mol. The van der Waals surface area contributed by atoms with Crippen molar-refractivity contribution >= 4 is 21.6 Å². The summed E-state index contributed by atoms with van der Waals surface area (Å²) < 4.78 is 1.09. The number of benzene rings is 1. The second-order valence-electron chi connectivity index (χ2n) is 3.81. The molecule has 1 aliphatic rings. The van der Waals surface area contributed by atoms with Crippen molar-refractivity contribution in [2.45, 2.75) is 13.3 Å². The van der Waals surface area contributed by atoms with Gasteiger partial charge >= 0.3 is 0 Å². The maximum Gasteiger partial charge on any atom is 0.0145 e. The minimum Gasteiger partial charge on any atom is -0.393 e. The molecular formula is C13H13BrNY-. The maximum atomic E-state index is 4.01. The van der Waals surface area contributed by atoms with E-state index in [0.29, 0.717) is 5.92 Å². The van der Waals surface area contributed by atoms with Gasteiger partial charge in [0, 0.05) is 42.9 Å². The Bertz CT molecular complexity index is 408. The van der Waals surface area contributed by atoms with Gasteiger partial charge in [0.05, 0.1) is 0 Å². The molecule has 0 saturated carbocycles. The van der Waals surface area contributed by atoms with Crippen LogP contribution >= 0.6 is 15.9 Å². The van der Waals surface area contributed by atoms with Crippen molar-refractivity contribution in [1.82, 2.24) is 5.32 Å². The summed E-state index contributed by atoms with van der Waals surface area (Å²) in [5.41, 5.74) is 3.28. The van der Waals surface area contributed by atoms with E-state index in [1.165, 1.54) is 0 Å². The fraction of sp³-hybridized carbons (Fsp3) is 0.231. The zero-order valence-corrected chi connectivity index (χ0v) is 13.7. The van der Waals surface area contributed by atoms with E-state index in [1.54, 1.807) is 0 Å². The van der Waals surface area contributed by atoms with Crippen molar-refractivity contribution in [3.8, 4) is 0 Å². The standard InChI is InChI=1S/C13H13BrN.Y/c1-9-3-8-13(15-10(9)2)11-4-6-12(14)7-5-11;/h4-7,9,15H,2-3H2,1H3;/q-1;. The molecule has 1 heterocycles. The molecule has 1 unspecified atom stereocenters. The molecule has 0 bridgehead atoms. The van der Waals surface area contributed by atoms with E-state index in [2.05, 4.69) is 53.0 Å². The van der Waals surface area contributed by atoms with Crippen LogP contribution in [-0.4, -0.2) is 0 Å². The molecule has 81 valence electrons. The first-order valence-electron chi connectivity index (χ1n) is 4.99. The molecule has 1 nitrogen and oxygen atoms in total. The number of hydrogen-bond acceptors (Lipinski definition) is 1. The van der Waals surface area contributed by atoms with Crippen LogP contribution in [0.5, 0.6) is 0 Å². The molecule has 0 amide bonds. The molecule has 0 aromatic heterocycles. The van der Waals surface area contributed by atoms with Crippen LogP contribution in [0.3, 0.4) is 0 Å². The van der Waals surface area contributed by atoms with Crippen LogP contribution in [0.2, 0.25) is 0 Å². The van der Waals surface area contributed by atoms with Crippen LogP contribution in [0.1, 0.15) is 18.9 Å². The molecule has 0 saturated heterocycles. The Hall–Kier alpha value is 0.0839. The third-order valence-corrected chi connectivity index (χ3v) is 3.13. The van der Waals surface area contributed by atoms with E-state index in [9.17, 15) is 0 Å². The Labute approximate surface area is 130 Å². The summed E-state index contributed by atoms with van der Waals surface area (Å²) in [6, 6.07) is 8.21. The molecule has 1 N–H and O–H groups in total. The molecule has 1 aromatic carbocycles. The second kappa shape index (κ2) is 6.13. The number of nitrogens with one attached hydrogen (secondary N) is 1. The van der Waals surface area contributed by atoms with Crippen molar-refractivity contribution < 1.29 is 32.7 Å². The molecule has 3 heteroatoms. The van der Waals surface area contributed by atoms with E-state index in [1.807, 2.05) is 12.1 Å². The molecule has 0 aliphatic carbocycles. The van der Waals surface area contributed by atoms with E-state index in [0.717, 1.165) is 27.9 Å². The Kier molecular flexibility index (Phi) is 5.42. The minimum atomic E-state index is 0. The largest absolute Gasteiger partial charge is 0.393 e. The summed E-state index contributed by atoms with van der Waals surface area (Å²) in [7, 11) is 0. The van der Waals surface area contributed by atoms with Crippen molar-refractivity contribution in [1.29, 1.82) is 0 Å². The summed E-state index contributed by atoms with van der Waals surface area (Å²) in [4.78, 5) is 0. The van der Waals surface area contributed by atoms with Crippen LogP contribution < -0.4 is 5.32 Å². The van der Waals surface area contributed by atoms with Crippen molar-refractivity contribution in [2.75, 3.05) is 0 Å². The van der Waals surface area contributed by atoms with Gasteiger partial charge in [0.15, 0.2) is 0 Å². The van der Waals surface area contributed by atoms with Crippen LogP contribution in [0.4, 0.5) is 0 Å². The quantitative estimate of drug-likeness (QED) is 0.760. The van der Waals surface area contributed by atoms with E-state index in [4.69, 9.17) is 0 Å². The predicted octanol–water partition coefficient (Wildman–Crippen LogP) is 3.73. The fourth-order valence-corrected chi connectivity index (χ4v) is 1.76. The van der Waals surface area contributed by atoms with Gasteiger partial charge in [0.2, 0.25) is 0 Å². The summed E-state index contributed by atoms with van der Waals surface area (Å²) in [5, 5.41) is 3.30. The monoisotopic (exact) mass is 351 g/mol. The first kappa shape index (κ1) is 14.1. The van der Waals surface area contributed by atoms with Crippen LogP contribution in [-0.2, 0) is 32.7 Å². The molecular weight excluding hydrogens is 339 g/mol. The summed E-state index contributed by atoms with van der Waals surface area (Å²) >= 11 is 3.42. The average Bonchev–Trinajstić information content (AvgIpc) is 2.23. The first-order valence-corrected chi connectivity index (χ1v) is 5.78. The Morgan fingerprint density at radius 1 is 1.38 bits per heavy atom. The van der Waals surface area contributed by atoms with Crippen molar-refractivity contribution in [2.24, 2.45) is 5.92 Å². The van der Waals surface area contributed by atoms with Gasteiger partial charge in [-0.05, 0) is 5.92 Å². The molecule has 1 aliphatic heterocycles. The molecule has 16 heavy (non-hydrogen) atoms. The van der Waals surface area contributed by atoms with Gasteiger partial charge in [0.1, 0.15) is 0 Å². The van der Waals surface area contributed by atoms with Gasteiger partial charge in [-0.15, -0.1) is 24.3 Å². The van der Waals surface area contributed by atoms with Gasteiger partial charge < -0.3 is 5.32 Å². The van der Waals surface area contributed by atoms with Gasteiger partial charge in [-0.1, -0.05) is 41.6 Å². The normalized spacial score (nSPS) is 19.5. The van der Waals surface area contributed by atoms with Crippen molar-refractivity contribution in [3.63, 3.8) is 0 Å². The molecule has 2 rings (SSSR count). The van der Waals surface area contributed by atoms with Gasteiger partial charge in [-0.25, -0.2) is 6.08 Å². The summed E-state index contributed by atoms with van der Waals surface area (Å²) in [5.74, 6) is 0.476. The first-order chi connectivity index (χ1) is 7.16. The smallest absolute Gasteiger partial charge is 0.0145 e. The number of rotatable bonds is 1. The Morgan fingerprint density at radius 3 is 2.56 bits per heavy atom. The Balaban J connectivity index is 0.00000128. The fourth-order valence-electron chi connectivity index (χ4n) is 1.50. The van der Waals surface area contributed by atoms with Crippen LogP contribution in [0, 0.1) is 12.0 Å². The van der Waals surface area contributed by atoms with Gasteiger partial charge in [-0.3, -0.25) is 0 Å². The summed E-state index contributed by atoms with van der Waals surface area (Å²) in [6.07, 6.45) is 4.31. The van der Waals surface area contributed by atoms with E-state index >= 15 is 0 Å². The van der Waals surface area contributed by atoms with Crippen molar-refractivity contribution in [3.05, 3.63) is 52.7 Å². The van der Waals surface area contributed by atoms with Gasteiger partial charge in [-0.2, -0.15) is 5.56 Å². The number of halogens is 1. The van der Waals surface area contributed by atoms with E-state index in [-0.39, 0.29) is 32.7 Å². The predicted molar refractivity (Wildman–Crippen MR) is 66.8 cm³/mol. The second-order valence-corrected chi connectivity index (χ2v) is 4.73. The maximum absolute atomic E-state index is 4.01.